The van der Waals surface area contributed by atoms with E-state index in [1.807, 2.05) is 0 Å². The molecular weight excluding hydrogens is 448 g/mol. The molecule has 2 N–H and O–H groups in total. The van der Waals surface area contributed by atoms with Crippen LogP contribution in [0.25, 0.3) is 0 Å². The molecule has 176 valence electrons. The zero-order valence-corrected chi connectivity index (χ0v) is 22.0. The SMILES string of the molecule is CCCCCCc1cccc(O)c1C(=O)O.CCCCCCc1cccc([O-])c1C(=O)[O-].[Ca+2]. The molecule has 0 unspecified atom stereocenters. The van der Waals surface area contributed by atoms with Gasteiger partial charge in [0.05, 0.1) is 5.97 Å². The third-order valence-electron chi connectivity index (χ3n) is 5.26. The van der Waals surface area contributed by atoms with E-state index >= 15 is 0 Å². The van der Waals surface area contributed by atoms with Crippen LogP contribution in [0.4, 0.5) is 0 Å². The smallest absolute Gasteiger partial charge is 0.872 e. The van der Waals surface area contributed by atoms with Crippen LogP contribution in [0.5, 0.6) is 11.5 Å². The Hall–Kier alpha value is -1.76. The first-order valence-electron chi connectivity index (χ1n) is 11.4. The fourth-order valence-corrected chi connectivity index (χ4v) is 3.54. The fourth-order valence-electron chi connectivity index (χ4n) is 3.54. The number of hydrogen-bond donors (Lipinski definition) is 2. The van der Waals surface area contributed by atoms with Gasteiger partial charge in [0, 0.05) is 0 Å². The molecule has 0 aliphatic heterocycles. The molecule has 0 fully saturated rings. The van der Waals surface area contributed by atoms with Crippen molar-refractivity contribution in [3.8, 4) is 11.5 Å². The van der Waals surface area contributed by atoms with Crippen molar-refractivity contribution in [2.75, 3.05) is 0 Å². The van der Waals surface area contributed by atoms with E-state index in [-0.39, 0.29) is 54.6 Å². The summed E-state index contributed by atoms with van der Waals surface area (Å²) in [4.78, 5) is 21.8. The molecule has 0 aliphatic carbocycles. The molecule has 7 heteroatoms. The summed E-state index contributed by atoms with van der Waals surface area (Å²) in [6, 6.07) is 9.44. The molecule has 33 heavy (non-hydrogen) atoms. The van der Waals surface area contributed by atoms with Crippen molar-refractivity contribution in [3.63, 3.8) is 0 Å². The van der Waals surface area contributed by atoms with Gasteiger partial charge in [0.1, 0.15) is 11.3 Å². The van der Waals surface area contributed by atoms with Gasteiger partial charge in [-0.3, -0.25) is 0 Å². The number of carboxylic acid groups (broad SMARTS) is 2. The third-order valence-corrected chi connectivity index (χ3v) is 5.26. The number of aromatic carboxylic acids is 2. The molecule has 0 aromatic heterocycles. The Bertz CT molecular complexity index is 794. The number of hydrogen-bond acceptors (Lipinski definition) is 5. The zero-order valence-electron chi connectivity index (χ0n) is 19.8. The van der Waals surface area contributed by atoms with Gasteiger partial charge in [-0.25, -0.2) is 4.79 Å². The first-order valence-corrected chi connectivity index (χ1v) is 11.4. The average Bonchev–Trinajstić information content (AvgIpc) is 2.74. The van der Waals surface area contributed by atoms with E-state index in [1.54, 1.807) is 24.3 Å². The average molecular weight is 483 g/mol. The Kier molecular flexibility index (Phi) is 16.7. The molecule has 0 radical (unpaired) electrons. The van der Waals surface area contributed by atoms with Crippen molar-refractivity contribution in [1.29, 1.82) is 0 Å². The number of carbonyl (C=O) groups is 2. The van der Waals surface area contributed by atoms with E-state index in [1.165, 1.54) is 18.6 Å². The molecule has 0 saturated carbocycles. The van der Waals surface area contributed by atoms with Crippen molar-refractivity contribution < 1.29 is 30.0 Å². The zero-order chi connectivity index (χ0) is 23.9. The number of benzene rings is 2. The summed E-state index contributed by atoms with van der Waals surface area (Å²) in [6.45, 7) is 4.25. The summed E-state index contributed by atoms with van der Waals surface area (Å²) in [5.74, 6) is -3.01. The molecule has 0 aliphatic rings. The molecule has 2 aromatic carbocycles. The summed E-state index contributed by atoms with van der Waals surface area (Å²) >= 11 is 0. The number of unbranched alkanes of at least 4 members (excludes halogenated alkanes) is 6. The number of carbonyl (C=O) groups excluding carboxylic acids is 1. The maximum Gasteiger partial charge on any atom is 2.00 e. The van der Waals surface area contributed by atoms with Crippen LogP contribution in [0.2, 0.25) is 0 Å². The van der Waals surface area contributed by atoms with Gasteiger partial charge in [-0.05, 0) is 48.4 Å². The van der Waals surface area contributed by atoms with Crippen molar-refractivity contribution in [3.05, 3.63) is 58.7 Å². The van der Waals surface area contributed by atoms with Crippen LogP contribution >= 0.6 is 0 Å². The second-order valence-corrected chi connectivity index (χ2v) is 7.82. The molecule has 2 aromatic rings. The van der Waals surface area contributed by atoms with Crippen LogP contribution in [0, 0.1) is 0 Å². The van der Waals surface area contributed by atoms with Gasteiger partial charge < -0.3 is 25.2 Å². The standard InChI is InChI=1S/2C13H18O3.Ca/c2*1-2-3-4-5-7-10-8-6-9-11(14)12(10)13(15)16;/h2*6,8-9,14H,2-5,7H2,1H3,(H,15,16);/q;;+2/p-2. The summed E-state index contributed by atoms with van der Waals surface area (Å²) in [5, 5.41) is 40.6. The van der Waals surface area contributed by atoms with Gasteiger partial charge in [-0.15, -0.1) is 0 Å². The quantitative estimate of drug-likeness (QED) is 0.347. The Morgan fingerprint density at radius 3 is 1.73 bits per heavy atom. The van der Waals surface area contributed by atoms with Gasteiger partial charge in [-0.2, -0.15) is 0 Å². The fraction of sp³-hybridized carbons (Fsp3) is 0.462. The van der Waals surface area contributed by atoms with Crippen LogP contribution in [0.15, 0.2) is 36.4 Å². The van der Waals surface area contributed by atoms with Crippen molar-refractivity contribution in [1.82, 2.24) is 0 Å². The number of carboxylic acids is 2. The minimum absolute atomic E-state index is 0. The summed E-state index contributed by atoms with van der Waals surface area (Å²) in [7, 11) is 0. The van der Waals surface area contributed by atoms with Crippen molar-refractivity contribution >= 4 is 49.7 Å². The van der Waals surface area contributed by atoms with E-state index in [0.29, 0.717) is 12.0 Å². The van der Waals surface area contributed by atoms with E-state index in [2.05, 4.69) is 13.8 Å². The normalized spacial score (nSPS) is 10.0. The molecule has 0 bridgehead atoms. The van der Waals surface area contributed by atoms with Gasteiger partial charge >= 0.3 is 43.7 Å². The van der Waals surface area contributed by atoms with Crippen LogP contribution in [0.3, 0.4) is 0 Å². The van der Waals surface area contributed by atoms with Crippen LogP contribution < -0.4 is 10.2 Å². The summed E-state index contributed by atoms with van der Waals surface area (Å²) in [5.41, 5.74) is 1.21. The molecular formula is C26H34CaO6. The Balaban J connectivity index is 0.000000602. The molecule has 0 heterocycles. The van der Waals surface area contributed by atoms with Gasteiger partial charge in [-0.1, -0.05) is 88.5 Å². The number of rotatable bonds is 12. The molecule has 0 saturated heterocycles. The van der Waals surface area contributed by atoms with Crippen LogP contribution in [0.1, 0.15) is 97.1 Å². The first-order chi connectivity index (χ1) is 15.3. The third kappa shape index (κ3) is 11.3. The number of aryl methyl sites for hydroxylation is 2. The van der Waals surface area contributed by atoms with Crippen LogP contribution in [-0.2, 0) is 12.8 Å². The minimum Gasteiger partial charge on any atom is -0.872 e. The maximum absolute atomic E-state index is 11.3. The van der Waals surface area contributed by atoms with E-state index < -0.39 is 17.7 Å². The van der Waals surface area contributed by atoms with Crippen LogP contribution in [-0.4, -0.2) is 59.9 Å². The summed E-state index contributed by atoms with van der Waals surface area (Å²) < 4.78 is 0. The Labute approximate surface area is 226 Å². The molecule has 0 amide bonds. The van der Waals surface area contributed by atoms with Crippen molar-refractivity contribution in [2.24, 2.45) is 0 Å². The van der Waals surface area contributed by atoms with E-state index in [0.717, 1.165) is 56.9 Å². The second kappa shape index (κ2) is 17.7. The monoisotopic (exact) mass is 482 g/mol. The topological polar surface area (TPSA) is 121 Å². The molecule has 2 rings (SSSR count). The van der Waals surface area contributed by atoms with Gasteiger partial charge in [0.15, 0.2) is 0 Å². The van der Waals surface area contributed by atoms with Crippen molar-refractivity contribution in [2.45, 2.75) is 78.1 Å². The number of aromatic hydroxyl groups is 1. The second-order valence-electron chi connectivity index (χ2n) is 7.82. The summed E-state index contributed by atoms with van der Waals surface area (Å²) in [6.07, 6.45) is 10.0. The molecule has 0 atom stereocenters. The van der Waals surface area contributed by atoms with Gasteiger partial charge in [0.25, 0.3) is 0 Å². The van der Waals surface area contributed by atoms with E-state index in [9.17, 15) is 24.9 Å². The van der Waals surface area contributed by atoms with Gasteiger partial charge in [0.2, 0.25) is 0 Å². The predicted molar refractivity (Wildman–Crippen MR) is 127 cm³/mol. The minimum atomic E-state index is -1.36. The number of phenols is 1. The first kappa shape index (κ1) is 31.2. The Morgan fingerprint density at radius 1 is 0.788 bits per heavy atom. The molecule has 0 spiro atoms. The van der Waals surface area contributed by atoms with E-state index in [4.69, 9.17) is 5.11 Å². The Morgan fingerprint density at radius 2 is 1.27 bits per heavy atom. The largest absolute Gasteiger partial charge is 2.00 e. The molecule has 6 nitrogen and oxygen atoms in total. The maximum atomic E-state index is 11.3. The predicted octanol–water partition coefficient (Wildman–Crippen LogP) is 4.08.